The molecule has 0 radical (unpaired) electrons. The Bertz CT molecular complexity index is 2690. The number of benzene rings is 4. The second kappa shape index (κ2) is 12.4. The van der Waals surface area contributed by atoms with Crippen LogP contribution in [0, 0.1) is 10.1 Å². The van der Waals surface area contributed by atoms with Crippen molar-refractivity contribution in [2.75, 3.05) is 0 Å². The van der Waals surface area contributed by atoms with E-state index in [1.54, 1.807) is 6.08 Å². The Morgan fingerprint density at radius 1 is 0.549 bits per heavy atom. The number of H-pyrrole nitrogens is 1. The normalized spacial score (nSPS) is 12.1. The Balaban J connectivity index is 1.64. The van der Waals surface area contributed by atoms with Crippen LogP contribution in [0.3, 0.4) is 0 Å². The maximum Gasteiger partial charge on any atom is 0.297 e. The average molecular weight is 660 g/mol. The van der Waals surface area contributed by atoms with Crippen LogP contribution < -0.4 is 0 Å². The Morgan fingerprint density at radius 3 is 1.65 bits per heavy atom. The Kier molecular flexibility index (Phi) is 7.29. The number of rotatable bonds is 5. The predicted octanol–water partition coefficient (Wildman–Crippen LogP) is 10.7. The molecule has 8 bridgehead atoms. The van der Waals surface area contributed by atoms with E-state index in [-0.39, 0.29) is 16.3 Å². The summed E-state index contributed by atoms with van der Waals surface area (Å²) in [5.41, 5.74) is 11.8. The lowest BCUT2D eigenvalue weighted by atomic mass is 9.93. The summed E-state index contributed by atoms with van der Waals surface area (Å²) in [4.78, 5) is 26.2. The summed E-state index contributed by atoms with van der Waals surface area (Å²) in [7, 11) is 0. The van der Waals surface area contributed by atoms with E-state index in [0.717, 1.165) is 67.0 Å². The predicted molar refractivity (Wildman–Crippen MR) is 206 cm³/mol. The minimum atomic E-state index is -0.330. The average Bonchev–Trinajstić information content (AvgIpc) is 3.97. The zero-order valence-corrected chi connectivity index (χ0v) is 27.3. The first kappa shape index (κ1) is 30.0. The number of aromatic nitrogens is 4. The Hall–Kier alpha value is -7.12. The fourth-order valence-corrected chi connectivity index (χ4v) is 7.02. The second-order valence-corrected chi connectivity index (χ2v) is 12.4. The summed E-state index contributed by atoms with van der Waals surface area (Å²) < 4.78 is 2.22. The van der Waals surface area contributed by atoms with Crippen LogP contribution in [0.25, 0.3) is 85.1 Å². The van der Waals surface area contributed by atoms with Crippen molar-refractivity contribution in [2.24, 2.45) is 0 Å². The van der Waals surface area contributed by atoms with Gasteiger partial charge < -0.3 is 9.55 Å². The molecule has 242 valence electrons. The highest BCUT2D eigenvalue weighted by atomic mass is 16.6. The first-order valence-corrected chi connectivity index (χ1v) is 16.7. The van der Waals surface area contributed by atoms with Crippen molar-refractivity contribution in [1.82, 2.24) is 19.5 Å². The molecule has 1 N–H and O–H groups in total. The molecular weight excluding hydrogens is 631 g/mol. The molecule has 0 saturated heterocycles. The van der Waals surface area contributed by atoms with Crippen molar-refractivity contribution in [3.8, 4) is 39.1 Å². The Labute approximate surface area is 293 Å². The van der Waals surface area contributed by atoms with Gasteiger partial charge in [0.1, 0.15) is 0 Å². The molecule has 51 heavy (non-hydrogen) atoms. The maximum atomic E-state index is 13.0. The molecule has 0 amide bonds. The monoisotopic (exact) mass is 659 g/mol. The number of hydrogen-bond acceptors (Lipinski definition) is 4. The zero-order valence-electron chi connectivity index (χ0n) is 27.3. The number of nitrogens with one attached hydrogen (secondary N) is 1. The summed E-state index contributed by atoms with van der Waals surface area (Å²) in [6.45, 7) is 0. The smallest absolute Gasteiger partial charge is 0.297 e. The molecule has 0 spiro atoms. The molecule has 0 unspecified atom stereocenters. The largest absolute Gasteiger partial charge is 0.355 e. The molecule has 9 rings (SSSR count). The van der Waals surface area contributed by atoms with E-state index < -0.39 is 0 Å². The standard InChI is InChI=1S/C44H29N5O2/c50-49(51)39-28-36-26-34-22-21-32(45-34)25-33-23-24-35(46-33)27-38-40(29-13-5-1-6-14-29)41(30-15-7-2-8-16-30)44(48(38)37-19-11-4-12-20-37)42(43(39)47-36)31-17-9-3-10-18-31/h1-28,45H. The van der Waals surface area contributed by atoms with Gasteiger partial charge >= 0.3 is 0 Å². The molecule has 7 heteroatoms. The lowest BCUT2D eigenvalue weighted by Crippen LogP contribution is -2.01. The van der Waals surface area contributed by atoms with Gasteiger partial charge in [0.25, 0.3) is 5.70 Å². The third-order valence-electron chi connectivity index (χ3n) is 9.15. The molecule has 7 aromatic rings. The number of nitrogens with zero attached hydrogens (tertiary/aromatic N) is 4. The van der Waals surface area contributed by atoms with Gasteiger partial charge in [0.05, 0.1) is 33.0 Å². The number of para-hydroxylation sites is 1. The van der Waals surface area contributed by atoms with Gasteiger partial charge in [0.15, 0.2) is 5.69 Å². The summed E-state index contributed by atoms with van der Waals surface area (Å²) >= 11 is 0. The number of fused-ring (bicyclic) bond motifs is 8. The topological polar surface area (TPSA) is 89.6 Å². The molecule has 0 fully saturated rings. The fourth-order valence-electron chi connectivity index (χ4n) is 7.02. The van der Waals surface area contributed by atoms with Gasteiger partial charge in [0.2, 0.25) is 0 Å². The molecule has 5 heterocycles. The highest BCUT2D eigenvalue weighted by Gasteiger charge is 2.31. The van der Waals surface area contributed by atoms with E-state index in [9.17, 15) is 10.1 Å². The minimum Gasteiger partial charge on any atom is -0.355 e. The van der Waals surface area contributed by atoms with Gasteiger partial charge in [0, 0.05) is 39.5 Å². The van der Waals surface area contributed by atoms with Gasteiger partial charge in [-0.05, 0) is 71.3 Å². The van der Waals surface area contributed by atoms with Crippen molar-refractivity contribution < 1.29 is 4.92 Å². The molecule has 2 aliphatic heterocycles. The quantitative estimate of drug-likeness (QED) is 0.147. The second-order valence-electron chi connectivity index (χ2n) is 12.4. The van der Waals surface area contributed by atoms with Crippen LogP contribution in [0.2, 0.25) is 0 Å². The molecule has 0 atom stereocenters. The first-order chi connectivity index (χ1) is 25.1. The zero-order chi connectivity index (χ0) is 34.3. The molecule has 2 aliphatic rings. The molecule has 3 aromatic heterocycles. The van der Waals surface area contributed by atoms with Crippen molar-refractivity contribution in [2.45, 2.75) is 0 Å². The first-order valence-electron chi connectivity index (χ1n) is 16.7. The molecule has 0 saturated carbocycles. The van der Waals surface area contributed by atoms with Gasteiger partial charge in [-0.15, -0.1) is 0 Å². The fraction of sp³-hybridized carbons (Fsp3) is 0. The van der Waals surface area contributed by atoms with Crippen molar-refractivity contribution in [3.05, 3.63) is 185 Å². The van der Waals surface area contributed by atoms with Crippen LogP contribution >= 0.6 is 0 Å². The van der Waals surface area contributed by atoms with Crippen LogP contribution in [-0.2, 0) is 0 Å². The van der Waals surface area contributed by atoms with Crippen molar-refractivity contribution in [1.29, 1.82) is 0 Å². The van der Waals surface area contributed by atoms with E-state index in [2.05, 4.69) is 52.0 Å². The summed E-state index contributed by atoms with van der Waals surface area (Å²) in [6.07, 6.45) is 5.60. The molecule has 0 aliphatic carbocycles. The number of aromatic amines is 1. The minimum absolute atomic E-state index is 0.0729. The van der Waals surface area contributed by atoms with Crippen LogP contribution in [0.15, 0.2) is 152 Å². The van der Waals surface area contributed by atoms with Gasteiger partial charge in [-0.25, -0.2) is 9.97 Å². The van der Waals surface area contributed by atoms with Crippen molar-refractivity contribution >= 4 is 46.0 Å². The Morgan fingerprint density at radius 2 is 1.06 bits per heavy atom. The lowest BCUT2D eigenvalue weighted by molar-refractivity contribution is -0.374. The van der Waals surface area contributed by atoms with E-state index in [1.165, 1.54) is 0 Å². The summed E-state index contributed by atoms with van der Waals surface area (Å²) in [6, 6.07) is 50.4. The highest BCUT2D eigenvalue weighted by molar-refractivity contribution is 6.11. The van der Waals surface area contributed by atoms with E-state index in [4.69, 9.17) is 9.97 Å². The van der Waals surface area contributed by atoms with Crippen LogP contribution in [0.1, 0.15) is 22.8 Å². The van der Waals surface area contributed by atoms with E-state index in [1.807, 2.05) is 121 Å². The van der Waals surface area contributed by atoms with Crippen LogP contribution in [0.5, 0.6) is 0 Å². The van der Waals surface area contributed by atoms with E-state index in [0.29, 0.717) is 11.3 Å². The van der Waals surface area contributed by atoms with Crippen LogP contribution in [-0.4, -0.2) is 24.4 Å². The molecular formula is C44H29N5O2. The van der Waals surface area contributed by atoms with Crippen molar-refractivity contribution in [3.63, 3.8) is 0 Å². The van der Waals surface area contributed by atoms with Gasteiger partial charge in [-0.2, -0.15) is 0 Å². The molecule has 7 nitrogen and oxygen atoms in total. The SMILES string of the molecule is O=[N+]([O-])C1=Cc2cc3ccc(cc4nc(cc5c(-c6ccccc6)c(-c6ccccc6)c(c(-c6ccccc6)c1n2)n5-c1ccccc1)C=C4)[nH]3. The van der Waals surface area contributed by atoms with Crippen LogP contribution in [0.4, 0.5) is 0 Å². The maximum absolute atomic E-state index is 13.0. The third-order valence-corrected chi connectivity index (χ3v) is 9.15. The third kappa shape index (κ3) is 5.43. The van der Waals surface area contributed by atoms with Gasteiger partial charge in [-0.1, -0.05) is 109 Å². The summed E-state index contributed by atoms with van der Waals surface area (Å²) in [5, 5.41) is 13.0. The lowest BCUT2D eigenvalue weighted by Gasteiger charge is -2.13. The number of nitro groups is 1. The van der Waals surface area contributed by atoms with Gasteiger partial charge in [-0.3, -0.25) is 10.1 Å². The summed E-state index contributed by atoms with van der Waals surface area (Å²) in [5.74, 6) is 0. The highest BCUT2D eigenvalue weighted by Crippen LogP contribution is 2.47. The number of hydrogen-bond donors (Lipinski definition) is 1. The molecule has 4 aromatic carbocycles. The van der Waals surface area contributed by atoms with E-state index >= 15 is 0 Å².